The van der Waals surface area contributed by atoms with E-state index in [0.29, 0.717) is 23.1 Å². The molecule has 2 nitrogen and oxygen atoms in total. The second-order valence-corrected chi connectivity index (χ2v) is 6.81. The Kier molecular flexibility index (Phi) is 6.83. The van der Waals surface area contributed by atoms with Crippen LogP contribution in [0.2, 0.25) is 0 Å². The summed E-state index contributed by atoms with van der Waals surface area (Å²) in [7, 11) is 0. The molecule has 0 radical (unpaired) electrons. The summed E-state index contributed by atoms with van der Waals surface area (Å²) < 4.78 is 54.0. The minimum absolute atomic E-state index is 0.336. The summed E-state index contributed by atoms with van der Waals surface area (Å²) in [5.41, 5.74) is 0.580. The number of fused-ring (bicyclic) bond motifs is 1. The molecule has 0 aliphatic rings. The molecule has 0 spiro atoms. The number of benzene rings is 3. The molecule has 0 heterocycles. The molecule has 156 valence electrons. The zero-order chi connectivity index (χ0) is 21.6. The number of allylic oxidation sites excluding steroid dienone is 2. The van der Waals surface area contributed by atoms with Gasteiger partial charge in [0.2, 0.25) is 0 Å². The first kappa shape index (κ1) is 21.5. The van der Waals surface area contributed by atoms with E-state index < -0.39 is 17.7 Å². The lowest BCUT2D eigenvalue weighted by molar-refractivity contribution is -0.186. The molecule has 0 aliphatic heterocycles. The Morgan fingerprint density at radius 3 is 2.47 bits per heavy atom. The van der Waals surface area contributed by atoms with Crippen LogP contribution in [0, 0.1) is 5.82 Å². The summed E-state index contributed by atoms with van der Waals surface area (Å²) in [5, 5.41) is 1.10. The lowest BCUT2D eigenvalue weighted by Crippen LogP contribution is -2.22. The van der Waals surface area contributed by atoms with Crippen molar-refractivity contribution in [3.05, 3.63) is 96.3 Å². The maximum absolute atomic E-state index is 14.6. The third kappa shape index (κ3) is 5.23. The molecule has 0 unspecified atom stereocenters. The molecular weight excluding hydrogens is 389 g/mol. The van der Waals surface area contributed by atoms with Gasteiger partial charge in [0, 0.05) is 0 Å². The first-order chi connectivity index (χ1) is 14.4. The largest absolute Gasteiger partial charge is 0.490 e. The van der Waals surface area contributed by atoms with Crippen molar-refractivity contribution in [1.29, 1.82) is 0 Å². The zero-order valence-electron chi connectivity index (χ0n) is 16.7. The van der Waals surface area contributed by atoms with Crippen LogP contribution in [-0.4, -0.2) is 6.61 Å². The molecule has 0 amide bonds. The fraction of sp³-hybridized carbons (Fsp3) is 0.200. The van der Waals surface area contributed by atoms with Crippen molar-refractivity contribution in [2.24, 2.45) is 0 Å². The van der Waals surface area contributed by atoms with Crippen LogP contribution in [0.4, 0.5) is 13.2 Å². The highest BCUT2D eigenvalue weighted by atomic mass is 19.3. The minimum atomic E-state index is -3.67. The van der Waals surface area contributed by atoms with Gasteiger partial charge in [-0.05, 0) is 72.5 Å². The molecule has 0 fully saturated rings. The van der Waals surface area contributed by atoms with Crippen molar-refractivity contribution < 1.29 is 22.6 Å². The number of halogens is 3. The van der Waals surface area contributed by atoms with Crippen LogP contribution < -0.4 is 9.47 Å². The molecule has 30 heavy (non-hydrogen) atoms. The summed E-state index contributed by atoms with van der Waals surface area (Å²) in [6.45, 7) is 5.92. The van der Waals surface area contributed by atoms with E-state index in [1.807, 2.05) is 19.1 Å². The van der Waals surface area contributed by atoms with E-state index in [9.17, 15) is 13.2 Å². The highest BCUT2D eigenvalue weighted by molar-refractivity contribution is 5.85. The topological polar surface area (TPSA) is 18.5 Å². The van der Waals surface area contributed by atoms with Gasteiger partial charge in [-0.2, -0.15) is 8.78 Å². The van der Waals surface area contributed by atoms with Crippen molar-refractivity contribution in [1.82, 2.24) is 0 Å². The van der Waals surface area contributed by atoms with Gasteiger partial charge < -0.3 is 9.47 Å². The summed E-state index contributed by atoms with van der Waals surface area (Å²) in [6, 6.07) is 13.3. The zero-order valence-corrected chi connectivity index (χ0v) is 16.7. The van der Waals surface area contributed by atoms with Gasteiger partial charge in [-0.3, -0.25) is 0 Å². The Hall–Kier alpha value is -3.21. The van der Waals surface area contributed by atoms with Crippen LogP contribution in [0.15, 0.2) is 79.4 Å². The third-order valence-corrected chi connectivity index (χ3v) is 4.61. The molecule has 0 aromatic heterocycles. The first-order valence-corrected chi connectivity index (χ1v) is 9.67. The van der Waals surface area contributed by atoms with Crippen molar-refractivity contribution in [3.63, 3.8) is 0 Å². The van der Waals surface area contributed by atoms with Crippen molar-refractivity contribution in [2.75, 3.05) is 6.61 Å². The minimum Gasteiger partial charge on any atom is -0.490 e. The monoisotopic (exact) mass is 412 g/mol. The molecule has 3 aromatic carbocycles. The second-order valence-electron chi connectivity index (χ2n) is 6.81. The fourth-order valence-corrected chi connectivity index (χ4v) is 2.97. The van der Waals surface area contributed by atoms with Crippen LogP contribution in [0.1, 0.15) is 24.5 Å². The fourth-order valence-electron chi connectivity index (χ4n) is 2.97. The maximum Gasteiger partial charge on any atom is 0.426 e. The molecule has 0 saturated heterocycles. The molecule has 5 heteroatoms. The smallest absolute Gasteiger partial charge is 0.426 e. The van der Waals surface area contributed by atoms with Gasteiger partial charge in [-0.25, -0.2) is 4.39 Å². The van der Waals surface area contributed by atoms with Crippen LogP contribution in [0.25, 0.3) is 10.8 Å². The number of hydrogen-bond acceptors (Lipinski definition) is 2. The van der Waals surface area contributed by atoms with Gasteiger partial charge in [0.15, 0.2) is 11.6 Å². The molecular formula is C25H23F3O2. The average molecular weight is 412 g/mol. The normalized spacial score (nSPS) is 11.7. The van der Waals surface area contributed by atoms with Crippen LogP contribution >= 0.6 is 0 Å². The summed E-state index contributed by atoms with van der Waals surface area (Å²) >= 11 is 0. The van der Waals surface area contributed by atoms with Crippen molar-refractivity contribution in [3.8, 4) is 11.5 Å². The van der Waals surface area contributed by atoms with Crippen LogP contribution in [0.3, 0.4) is 0 Å². The van der Waals surface area contributed by atoms with Crippen LogP contribution in [0.5, 0.6) is 11.5 Å². The molecule has 0 bridgehead atoms. The lowest BCUT2D eigenvalue weighted by atomic mass is 10.1. The summed E-state index contributed by atoms with van der Waals surface area (Å²) in [5.74, 6) is -0.809. The molecule has 0 aliphatic carbocycles. The maximum atomic E-state index is 14.6. The highest BCUT2D eigenvalue weighted by Gasteiger charge is 2.35. The number of rotatable bonds is 9. The van der Waals surface area contributed by atoms with E-state index in [2.05, 4.69) is 6.58 Å². The van der Waals surface area contributed by atoms with Crippen LogP contribution in [-0.2, 0) is 12.5 Å². The Balaban J connectivity index is 1.80. The molecule has 3 aromatic rings. The summed E-state index contributed by atoms with van der Waals surface area (Å²) in [6.07, 6.45) is 3.29. The van der Waals surface area contributed by atoms with E-state index in [-0.39, 0.29) is 5.56 Å². The first-order valence-electron chi connectivity index (χ1n) is 9.67. The van der Waals surface area contributed by atoms with Crippen molar-refractivity contribution in [2.45, 2.75) is 25.9 Å². The average Bonchev–Trinajstić information content (AvgIpc) is 2.73. The van der Waals surface area contributed by atoms with Gasteiger partial charge >= 0.3 is 6.11 Å². The van der Waals surface area contributed by atoms with E-state index in [1.165, 1.54) is 24.3 Å². The number of aryl methyl sites for hydroxylation is 1. The Morgan fingerprint density at radius 1 is 1.00 bits per heavy atom. The number of ether oxygens (including phenoxy) is 2. The van der Waals surface area contributed by atoms with Gasteiger partial charge in [0.25, 0.3) is 0 Å². The molecule has 0 N–H and O–H groups in total. The van der Waals surface area contributed by atoms with E-state index >= 15 is 0 Å². The Labute approximate surface area is 174 Å². The Morgan fingerprint density at radius 2 is 1.77 bits per heavy atom. The molecule has 3 rings (SSSR count). The summed E-state index contributed by atoms with van der Waals surface area (Å²) in [4.78, 5) is 0. The van der Waals surface area contributed by atoms with Gasteiger partial charge in [0.1, 0.15) is 12.4 Å². The van der Waals surface area contributed by atoms with E-state index in [1.54, 1.807) is 36.4 Å². The number of alkyl halides is 2. The third-order valence-electron chi connectivity index (χ3n) is 4.61. The van der Waals surface area contributed by atoms with Gasteiger partial charge in [0.05, 0.1) is 5.56 Å². The molecule has 0 saturated carbocycles. The predicted octanol–water partition coefficient (Wildman–Crippen LogP) is 7.18. The Bertz CT molecular complexity index is 1040. The second kappa shape index (κ2) is 9.53. The van der Waals surface area contributed by atoms with E-state index in [4.69, 9.17) is 9.47 Å². The SMILES string of the molecule is C=CCCc1ccc(C(F)(F)Oc2cc3ccc(OC/C=C/C)cc3cc2F)cc1. The quantitative estimate of drug-likeness (QED) is 0.347. The standard InChI is InChI=1S/C25H23F3O2/c1-3-5-7-18-8-11-21(12-9-18)25(27,28)30-24-17-19-10-13-22(29-14-6-4-2)15-20(19)16-23(24)26/h3-4,6,8-13,15-17H,1,5,7,14H2,2H3/b6-4+. The van der Waals surface area contributed by atoms with E-state index in [0.717, 1.165) is 18.4 Å². The predicted molar refractivity (Wildman–Crippen MR) is 114 cm³/mol. The lowest BCUT2D eigenvalue weighted by Gasteiger charge is -2.19. The number of hydrogen-bond donors (Lipinski definition) is 0. The van der Waals surface area contributed by atoms with Gasteiger partial charge in [-0.1, -0.05) is 36.4 Å². The van der Waals surface area contributed by atoms with Crippen molar-refractivity contribution >= 4 is 10.8 Å². The highest BCUT2D eigenvalue weighted by Crippen LogP contribution is 2.35. The molecule has 0 atom stereocenters. The van der Waals surface area contributed by atoms with Gasteiger partial charge in [-0.15, -0.1) is 6.58 Å².